The molecule has 1 aliphatic heterocycles. The highest BCUT2D eigenvalue weighted by Gasteiger charge is 2.16. The molecule has 0 bridgehead atoms. The van der Waals surface area contributed by atoms with E-state index in [1.165, 1.54) is 32.4 Å². The summed E-state index contributed by atoms with van der Waals surface area (Å²) in [5, 5.41) is 12.2. The van der Waals surface area contributed by atoms with Gasteiger partial charge in [0.25, 0.3) is 0 Å². The van der Waals surface area contributed by atoms with Gasteiger partial charge in [-0.05, 0) is 32.4 Å². The second-order valence-electron chi connectivity index (χ2n) is 4.89. The summed E-state index contributed by atoms with van der Waals surface area (Å²) in [5.74, 6) is -0.711. The first kappa shape index (κ1) is 14.5. The van der Waals surface area contributed by atoms with E-state index in [1.54, 1.807) is 0 Å². The molecule has 100 valence electrons. The maximum atomic E-state index is 11.0. The zero-order chi connectivity index (χ0) is 12.5. The Morgan fingerprint density at radius 3 is 2.65 bits per heavy atom. The quantitative estimate of drug-likeness (QED) is 0.680. The SMILES string of the molecule is CCCCC(NCCN1CCCCC1)C(=O)O. The first-order valence-corrected chi connectivity index (χ1v) is 6.92. The Hall–Kier alpha value is -0.610. The normalized spacial score (nSPS) is 19.1. The Morgan fingerprint density at radius 1 is 1.35 bits per heavy atom. The smallest absolute Gasteiger partial charge is 0.320 e. The lowest BCUT2D eigenvalue weighted by atomic mass is 10.1. The van der Waals surface area contributed by atoms with Crippen molar-refractivity contribution < 1.29 is 9.90 Å². The standard InChI is InChI=1S/C13H26N2O2/c1-2-3-7-12(13(16)17)14-8-11-15-9-5-4-6-10-15/h12,14H,2-11H2,1H3,(H,16,17). The number of carboxylic acid groups (broad SMARTS) is 1. The fraction of sp³-hybridized carbons (Fsp3) is 0.923. The van der Waals surface area contributed by atoms with E-state index >= 15 is 0 Å². The van der Waals surface area contributed by atoms with Gasteiger partial charge in [0.1, 0.15) is 6.04 Å². The second kappa shape index (κ2) is 8.48. The van der Waals surface area contributed by atoms with Gasteiger partial charge in [-0.15, -0.1) is 0 Å². The molecule has 0 aromatic carbocycles. The third kappa shape index (κ3) is 6.03. The van der Waals surface area contributed by atoms with E-state index in [9.17, 15) is 4.79 Å². The van der Waals surface area contributed by atoms with E-state index in [-0.39, 0.29) is 6.04 Å². The Kier molecular flexibility index (Phi) is 7.21. The molecular formula is C13H26N2O2. The van der Waals surface area contributed by atoms with E-state index in [1.807, 2.05) is 0 Å². The summed E-state index contributed by atoms with van der Waals surface area (Å²) in [6.07, 6.45) is 6.70. The third-order valence-corrected chi connectivity index (χ3v) is 3.41. The van der Waals surface area contributed by atoms with Gasteiger partial charge in [-0.25, -0.2) is 0 Å². The number of unbranched alkanes of at least 4 members (excludes halogenated alkanes) is 1. The van der Waals surface area contributed by atoms with Gasteiger partial charge in [0, 0.05) is 13.1 Å². The summed E-state index contributed by atoms with van der Waals surface area (Å²) in [7, 11) is 0. The number of carboxylic acids is 1. The van der Waals surface area contributed by atoms with E-state index in [4.69, 9.17) is 5.11 Å². The molecule has 1 atom stereocenters. The van der Waals surface area contributed by atoms with Crippen molar-refractivity contribution in [3.05, 3.63) is 0 Å². The average molecular weight is 242 g/mol. The van der Waals surface area contributed by atoms with E-state index in [2.05, 4.69) is 17.1 Å². The molecule has 0 spiro atoms. The van der Waals surface area contributed by atoms with Gasteiger partial charge >= 0.3 is 5.97 Å². The van der Waals surface area contributed by atoms with Crippen LogP contribution >= 0.6 is 0 Å². The van der Waals surface area contributed by atoms with Gasteiger partial charge < -0.3 is 15.3 Å². The molecule has 2 N–H and O–H groups in total. The Labute approximate surface area is 104 Å². The Balaban J connectivity index is 2.14. The second-order valence-corrected chi connectivity index (χ2v) is 4.89. The highest BCUT2D eigenvalue weighted by Crippen LogP contribution is 2.07. The van der Waals surface area contributed by atoms with Crippen LogP contribution in [-0.2, 0) is 4.79 Å². The van der Waals surface area contributed by atoms with E-state index < -0.39 is 5.97 Å². The molecule has 1 fully saturated rings. The van der Waals surface area contributed by atoms with Crippen LogP contribution in [0.1, 0.15) is 45.4 Å². The fourth-order valence-electron chi connectivity index (χ4n) is 2.30. The van der Waals surface area contributed by atoms with Gasteiger partial charge in [-0.1, -0.05) is 26.2 Å². The third-order valence-electron chi connectivity index (χ3n) is 3.41. The van der Waals surface area contributed by atoms with E-state index in [0.29, 0.717) is 0 Å². The van der Waals surface area contributed by atoms with Crippen molar-refractivity contribution in [3.8, 4) is 0 Å². The van der Waals surface area contributed by atoms with Crippen LogP contribution in [0, 0.1) is 0 Å². The summed E-state index contributed by atoms with van der Waals surface area (Å²) in [4.78, 5) is 13.4. The van der Waals surface area contributed by atoms with Crippen molar-refractivity contribution in [2.45, 2.75) is 51.5 Å². The Bertz CT molecular complexity index is 215. The highest BCUT2D eigenvalue weighted by atomic mass is 16.4. The largest absolute Gasteiger partial charge is 0.480 e. The number of likely N-dealkylation sites (tertiary alicyclic amines) is 1. The molecule has 0 amide bonds. The first-order valence-electron chi connectivity index (χ1n) is 6.92. The average Bonchev–Trinajstić information content (AvgIpc) is 2.34. The Morgan fingerprint density at radius 2 is 2.06 bits per heavy atom. The van der Waals surface area contributed by atoms with Crippen molar-refractivity contribution in [3.63, 3.8) is 0 Å². The van der Waals surface area contributed by atoms with Gasteiger partial charge in [0.05, 0.1) is 0 Å². The summed E-state index contributed by atoms with van der Waals surface area (Å²) < 4.78 is 0. The lowest BCUT2D eigenvalue weighted by Gasteiger charge is -2.27. The van der Waals surface area contributed by atoms with Crippen molar-refractivity contribution in [2.75, 3.05) is 26.2 Å². The zero-order valence-corrected chi connectivity index (χ0v) is 11.0. The van der Waals surface area contributed by atoms with Crippen LogP contribution in [0.5, 0.6) is 0 Å². The van der Waals surface area contributed by atoms with Crippen LogP contribution in [0.15, 0.2) is 0 Å². The van der Waals surface area contributed by atoms with Crippen molar-refractivity contribution >= 4 is 5.97 Å². The number of rotatable bonds is 8. The van der Waals surface area contributed by atoms with Crippen LogP contribution in [0.4, 0.5) is 0 Å². The molecule has 1 saturated heterocycles. The number of aliphatic carboxylic acids is 1. The molecule has 1 rings (SSSR count). The number of piperidine rings is 1. The molecule has 0 saturated carbocycles. The van der Waals surface area contributed by atoms with Gasteiger partial charge in [-0.3, -0.25) is 4.79 Å². The molecule has 1 unspecified atom stereocenters. The minimum absolute atomic E-state index is 0.361. The molecular weight excluding hydrogens is 216 g/mol. The number of nitrogens with zero attached hydrogens (tertiary/aromatic N) is 1. The van der Waals surface area contributed by atoms with Crippen molar-refractivity contribution in [1.29, 1.82) is 0 Å². The first-order chi connectivity index (χ1) is 8.24. The maximum Gasteiger partial charge on any atom is 0.320 e. The van der Waals surface area contributed by atoms with Crippen molar-refractivity contribution in [2.24, 2.45) is 0 Å². The molecule has 0 aromatic rings. The van der Waals surface area contributed by atoms with Gasteiger partial charge in [0.2, 0.25) is 0 Å². The maximum absolute atomic E-state index is 11.0. The molecule has 0 aliphatic carbocycles. The lowest BCUT2D eigenvalue weighted by molar-refractivity contribution is -0.139. The molecule has 4 heteroatoms. The molecule has 4 nitrogen and oxygen atoms in total. The van der Waals surface area contributed by atoms with Crippen LogP contribution in [0.25, 0.3) is 0 Å². The predicted octanol–water partition coefficient (Wildman–Crippen LogP) is 1.71. The molecule has 1 aliphatic rings. The van der Waals surface area contributed by atoms with Crippen LogP contribution in [0.3, 0.4) is 0 Å². The molecule has 0 radical (unpaired) electrons. The van der Waals surface area contributed by atoms with Crippen LogP contribution in [-0.4, -0.2) is 48.2 Å². The molecule has 0 aromatic heterocycles. The van der Waals surface area contributed by atoms with Gasteiger partial charge in [0.15, 0.2) is 0 Å². The topological polar surface area (TPSA) is 52.6 Å². The van der Waals surface area contributed by atoms with Crippen molar-refractivity contribution in [1.82, 2.24) is 10.2 Å². The van der Waals surface area contributed by atoms with Crippen LogP contribution in [0.2, 0.25) is 0 Å². The summed E-state index contributed by atoms with van der Waals surface area (Å²) >= 11 is 0. The number of hydrogen-bond acceptors (Lipinski definition) is 3. The summed E-state index contributed by atoms with van der Waals surface area (Å²) in [5.41, 5.74) is 0. The number of hydrogen-bond donors (Lipinski definition) is 2. The number of nitrogens with one attached hydrogen (secondary N) is 1. The minimum Gasteiger partial charge on any atom is -0.480 e. The lowest BCUT2D eigenvalue weighted by Crippen LogP contribution is -2.42. The molecule has 17 heavy (non-hydrogen) atoms. The number of carbonyl (C=O) groups is 1. The fourth-order valence-corrected chi connectivity index (χ4v) is 2.30. The predicted molar refractivity (Wildman–Crippen MR) is 69.2 cm³/mol. The minimum atomic E-state index is -0.711. The van der Waals surface area contributed by atoms with E-state index in [0.717, 1.165) is 32.4 Å². The van der Waals surface area contributed by atoms with Crippen LogP contribution < -0.4 is 5.32 Å². The monoisotopic (exact) mass is 242 g/mol. The highest BCUT2D eigenvalue weighted by molar-refractivity contribution is 5.73. The molecule has 1 heterocycles. The zero-order valence-electron chi connectivity index (χ0n) is 11.0. The van der Waals surface area contributed by atoms with Gasteiger partial charge in [-0.2, -0.15) is 0 Å². The summed E-state index contributed by atoms with van der Waals surface area (Å²) in [6, 6.07) is -0.361. The summed E-state index contributed by atoms with van der Waals surface area (Å²) in [6.45, 7) is 6.21.